The summed E-state index contributed by atoms with van der Waals surface area (Å²) in [5, 5.41) is 0. The van der Waals surface area contributed by atoms with Gasteiger partial charge in [-0.15, -0.1) is 0 Å². The SMILES string of the molecule is CCC1CCCC2C(CC3CCCC3)C3CCCC(CC)C3C12. The van der Waals surface area contributed by atoms with Crippen molar-refractivity contribution in [3.63, 3.8) is 0 Å². The normalized spacial score (nSPS) is 47.5. The van der Waals surface area contributed by atoms with Crippen LogP contribution in [0.15, 0.2) is 0 Å². The molecule has 0 amide bonds. The van der Waals surface area contributed by atoms with E-state index in [9.17, 15) is 0 Å². The molecule has 0 aliphatic heterocycles. The fourth-order valence-corrected chi connectivity index (χ4v) is 8.15. The Kier molecular flexibility index (Phi) is 5.07. The molecule has 0 N–H and O–H groups in total. The monoisotopic (exact) mass is 316 g/mol. The van der Waals surface area contributed by atoms with Crippen LogP contribution >= 0.6 is 0 Å². The molecule has 4 aliphatic rings. The van der Waals surface area contributed by atoms with Gasteiger partial charge >= 0.3 is 0 Å². The molecule has 6 atom stereocenters. The Morgan fingerprint density at radius 2 is 1.13 bits per heavy atom. The van der Waals surface area contributed by atoms with Gasteiger partial charge in [-0.05, 0) is 66.6 Å². The van der Waals surface area contributed by atoms with Gasteiger partial charge in [-0.1, -0.05) is 78.1 Å². The molecule has 0 aromatic rings. The van der Waals surface area contributed by atoms with Crippen LogP contribution in [0.1, 0.15) is 97.3 Å². The van der Waals surface area contributed by atoms with Gasteiger partial charge in [-0.25, -0.2) is 0 Å². The summed E-state index contributed by atoms with van der Waals surface area (Å²) in [6.07, 6.45) is 20.2. The van der Waals surface area contributed by atoms with E-state index >= 15 is 0 Å². The van der Waals surface area contributed by atoms with E-state index in [0.29, 0.717) is 0 Å². The highest BCUT2D eigenvalue weighted by Crippen LogP contribution is 2.63. The summed E-state index contributed by atoms with van der Waals surface area (Å²) in [6.45, 7) is 4.99. The zero-order valence-electron chi connectivity index (χ0n) is 15.8. The summed E-state index contributed by atoms with van der Waals surface area (Å²) in [4.78, 5) is 0. The van der Waals surface area contributed by atoms with Gasteiger partial charge in [0.15, 0.2) is 0 Å². The zero-order chi connectivity index (χ0) is 15.8. The maximum Gasteiger partial charge on any atom is -0.0321 e. The molecule has 4 aliphatic carbocycles. The lowest BCUT2D eigenvalue weighted by atomic mass is 9.63. The van der Waals surface area contributed by atoms with Crippen LogP contribution in [0.2, 0.25) is 0 Å². The van der Waals surface area contributed by atoms with Crippen LogP contribution in [0, 0.1) is 47.3 Å². The molecule has 0 aromatic carbocycles. The molecule has 4 rings (SSSR count). The standard InChI is InChI=1S/C23H40/c1-3-17-11-7-13-19-21(15-16-9-5-6-10-16)20-14-8-12-18(4-2)23(20)22(17)19/h16-23H,3-15H2,1-2H3. The first-order chi connectivity index (χ1) is 11.3. The van der Waals surface area contributed by atoms with E-state index in [1.807, 2.05) is 0 Å². The predicted octanol–water partition coefficient (Wildman–Crippen LogP) is 7.08. The molecule has 0 aromatic heterocycles. The van der Waals surface area contributed by atoms with Gasteiger partial charge in [-0.2, -0.15) is 0 Å². The summed E-state index contributed by atoms with van der Waals surface area (Å²) < 4.78 is 0. The molecule has 4 saturated carbocycles. The summed E-state index contributed by atoms with van der Waals surface area (Å²) >= 11 is 0. The maximum atomic E-state index is 2.50. The topological polar surface area (TPSA) is 0 Å². The highest BCUT2D eigenvalue weighted by molar-refractivity contribution is 5.04. The Hall–Kier alpha value is 0. The Bertz CT molecular complexity index is 351. The lowest BCUT2D eigenvalue weighted by molar-refractivity contribution is 0.0684. The van der Waals surface area contributed by atoms with E-state index in [4.69, 9.17) is 0 Å². The largest absolute Gasteiger partial charge is 0.0651 e. The molecule has 132 valence electrons. The Morgan fingerprint density at radius 1 is 0.609 bits per heavy atom. The summed E-state index contributed by atoms with van der Waals surface area (Å²) in [7, 11) is 0. The van der Waals surface area contributed by atoms with Gasteiger partial charge < -0.3 is 0 Å². The molecule has 0 bridgehead atoms. The van der Waals surface area contributed by atoms with E-state index in [2.05, 4.69) is 13.8 Å². The highest BCUT2D eigenvalue weighted by Gasteiger charge is 2.55. The maximum absolute atomic E-state index is 2.50. The van der Waals surface area contributed by atoms with Crippen molar-refractivity contribution < 1.29 is 0 Å². The van der Waals surface area contributed by atoms with Crippen LogP contribution in [0.4, 0.5) is 0 Å². The average molecular weight is 317 g/mol. The van der Waals surface area contributed by atoms with Gasteiger partial charge in [0, 0.05) is 0 Å². The fraction of sp³-hybridized carbons (Fsp3) is 1.00. The first kappa shape index (κ1) is 16.5. The van der Waals surface area contributed by atoms with Crippen LogP contribution in [-0.2, 0) is 0 Å². The quantitative estimate of drug-likeness (QED) is 0.519. The fourth-order valence-electron chi connectivity index (χ4n) is 8.15. The third-order valence-electron chi connectivity index (χ3n) is 8.98. The van der Waals surface area contributed by atoms with Crippen molar-refractivity contribution >= 4 is 0 Å². The molecular weight excluding hydrogens is 276 g/mol. The Balaban J connectivity index is 1.60. The molecule has 0 saturated heterocycles. The molecule has 6 unspecified atom stereocenters. The van der Waals surface area contributed by atoms with Crippen molar-refractivity contribution in [1.29, 1.82) is 0 Å². The number of fused-ring (bicyclic) bond motifs is 3. The molecular formula is C23H40. The van der Waals surface area contributed by atoms with E-state index < -0.39 is 0 Å². The molecule has 0 heterocycles. The average Bonchev–Trinajstić information content (AvgIpc) is 3.22. The number of hydrogen-bond donors (Lipinski definition) is 0. The van der Waals surface area contributed by atoms with Gasteiger partial charge in [0.2, 0.25) is 0 Å². The van der Waals surface area contributed by atoms with E-state index in [0.717, 1.165) is 47.3 Å². The molecule has 0 radical (unpaired) electrons. The lowest BCUT2D eigenvalue weighted by Crippen LogP contribution is -2.35. The second-order valence-corrected chi connectivity index (χ2v) is 9.73. The predicted molar refractivity (Wildman–Crippen MR) is 99.3 cm³/mol. The summed E-state index contributed by atoms with van der Waals surface area (Å²) in [5.74, 6) is 8.96. The van der Waals surface area contributed by atoms with Crippen LogP contribution in [-0.4, -0.2) is 0 Å². The second kappa shape index (κ2) is 7.09. The van der Waals surface area contributed by atoms with E-state index in [-0.39, 0.29) is 0 Å². The lowest BCUT2D eigenvalue weighted by Gasteiger charge is -2.42. The smallest absolute Gasteiger partial charge is 0.0321 e. The van der Waals surface area contributed by atoms with Gasteiger partial charge in [0.25, 0.3) is 0 Å². The molecule has 0 nitrogen and oxygen atoms in total. The zero-order valence-corrected chi connectivity index (χ0v) is 15.8. The number of rotatable bonds is 4. The molecule has 4 fully saturated rings. The van der Waals surface area contributed by atoms with Crippen LogP contribution in [0.3, 0.4) is 0 Å². The van der Waals surface area contributed by atoms with Gasteiger partial charge in [-0.3, -0.25) is 0 Å². The van der Waals surface area contributed by atoms with Crippen LogP contribution in [0.25, 0.3) is 0 Å². The Labute approximate surface area is 145 Å². The third-order valence-corrected chi connectivity index (χ3v) is 8.98. The minimum atomic E-state index is 1.09. The number of hydrogen-bond acceptors (Lipinski definition) is 0. The van der Waals surface area contributed by atoms with Crippen LogP contribution in [0.5, 0.6) is 0 Å². The van der Waals surface area contributed by atoms with Crippen molar-refractivity contribution in [1.82, 2.24) is 0 Å². The minimum absolute atomic E-state index is 1.09. The van der Waals surface area contributed by atoms with Crippen molar-refractivity contribution in [3.05, 3.63) is 0 Å². The molecule has 0 spiro atoms. The van der Waals surface area contributed by atoms with Crippen molar-refractivity contribution in [2.75, 3.05) is 0 Å². The van der Waals surface area contributed by atoms with Crippen molar-refractivity contribution in [3.8, 4) is 0 Å². The van der Waals surface area contributed by atoms with E-state index in [1.54, 1.807) is 57.8 Å². The highest BCUT2D eigenvalue weighted by atomic mass is 14.6. The Morgan fingerprint density at radius 3 is 1.61 bits per heavy atom. The molecule has 0 heteroatoms. The first-order valence-electron chi connectivity index (χ1n) is 11.3. The third kappa shape index (κ3) is 2.91. The van der Waals surface area contributed by atoms with Crippen molar-refractivity contribution in [2.45, 2.75) is 97.3 Å². The van der Waals surface area contributed by atoms with Gasteiger partial charge in [0.1, 0.15) is 0 Å². The second-order valence-electron chi connectivity index (χ2n) is 9.73. The van der Waals surface area contributed by atoms with Crippen LogP contribution < -0.4 is 0 Å². The first-order valence-corrected chi connectivity index (χ1v) is 11.3. The minimum Gasteiger partial charge on any atom is -0.0651 e. The summed E-state index contributed by atoms with van der Waals surface area (Å²) in [5.41, 5.74) is 0. The van der Waals surface area contributed by atoms with Gasteiger partial charge in [0.05, 0.1) is 0 Å². The molecule has 23 heavy (non-hydrogen) atoms. The van der Waals surface area contributed by atoms with E-state index in [1.165, 1.54) is 25.7 Å². The van der Waals surface area contributed by atoms with Crippen molar-refractivity contribution in [2.24, 2.45) is 47.3 Å². The summed E-state index contributed by atoms with van der Waals surface area (Å²) in [6, 6.07) is 0.